The van der Waals surface area contributed by atoms with Crippen molar-refractivity contribution in [2.75, 3.05) is 13.1 Å². The number of carbonyl (C=O) groups is 1. The molecule has 3 nitrogen and oxygen atoms in total. The third-order valence-electron chi connectivity index (χ3n) is 4.64. The number of amides is 1. The van der Waals surface area contributed by atoms with Crippen molar-refractivity contribution in [2.24, 2.45) is 11.7 Å². The summed E-state index contributed by atoms with van der Waals surface area (Å²) in [5, 5.41) is 0. The normalized spacial score (nSPS) is 20.9. The van der Waals surface area contributed by atoms with Crippen LogP contribution in [0.5, 0.6) is 0 Å². The molecule has 1 amide bonds. The summed E-state index contributed by atoms with van der Waals surface area (Å²) in [6.45, 7) is 4.01. The number of carbonyl (C=O) groups excluding carboxylic acids is 1. The average Bonchev–Trinajstić information content (AvgIpc) is 2.78. The maximum absolute atomic E-state index is 12.5. The van der Waals surface area contributed by atoms with E-state index in [1.807, 2.05) is 23.1 Å². The molecule has 21 heavy (non-hydrogen) atoms. The minimum atomic E-state index is -0.358. The van der Waals surface area contributed by atoms with Crippen LogP contribution in [0.15, 0.2) is 30.3 Å². The summed E-state index contributed by atoms with van der Waals surface area (Å²) < 4.78 is 0. The van der Waals surface area contributed by atoms with Gasteiger partial charge in [0.2, 0.25) is 5.91 Å². The van der Waals surface area contributed by atoms with Crippen molar-refractivity contribution < 1.29 is 4.79 Å². The van der Waals surface area contributed by atoms with Crippen LogP contribution in [-0.2, 0) is 11.2 Å². The van der Waals surface area contributed by atoms with Gasteiger partial charge in [-0.3, -0.25) is 4.79 Å². The van der Waals surface area contributed by atoms with Crippen molar-refractivity contribution in [2.45, 2.75) is 51.5 Å². The van der Waals surface area contributed by atoms with Gasteiger partial charge in [-0.2, -0.15) is 0 Å². The van der Waals surface area contributed by atoms with Crippen molar-refractivity contribution in [3.63, 3.8) is 0 Å². The monoisotopic (exact) mass is 288 g/mol. The van der Waals surface area contributed by atoms with E-state index in [1.54, 1.807) is 0 Å². The molecule has 0 spiro atoms. The second-order valence-corrected chi connectivity index (χ2v) is 6.16. The van der Waals surface area contributed by atoms with Crippen LogP contribution in [0.25, 0.3) is 0 Å². The van der Waals surface area contributed by atoms with Crippen molar-refractivity contribution in [1.82, 2.24) is 4.90 Å². The fourth-order valence-corrected chi connectivity index (χ4v) is 3.12. The highest BCUT2D eigenvalue weighted by Crippen LogP contribution is 2.20. The lowest BCUT2D eigenvalue weighted by Crippen LogP contribution is -2.44. The Morgan fingerprint density at radius 3 is 2.76 bits per heavy atom. The van der Waals surface area contributed by atoms with Gasteiger partial charge in [0.1, 0.15) is 0 Å². The van der Waals surface area contributed by atoms with E-state index < -0.39 is 0 Å². The van der Waals surface area contributed by atoms with Crippen LogP contribution in [0.4, 0.5) is 0 Å². The van der Waals surface area contributed by atoms with E-state index in [9.17, 15) is 4.79 Å². The third kappa shape index (κ3) is 4.85. The molecular weight excluding hydrogens is 260 g/mol. The molecule has 1 aliphatic heterocycles. The Balaban J connectivity index is 1.81. The number of nitrogens with two attached hydrogens (primary N) is 1. The molecular formula is C18H28N2O. The Kier molecular flexibility index (Phi) is 6.24. The van der Waals surface area contributed by atoms with Gasteiger partial charge < -0.3 is 10.6 Å². The third-order valence-corrected chi connectivity index (χ3v) is 4.64. The zero-order valence-corrected chi connectivity index (χ0v) is 13.1. The highest BCUT2D eigenvalue weighted by atomic mass is 16.2. The van der Waals surface area contributed by atoms with Gasteiger partial charge in [0.15, 0.2) is 0 Å². The van der Waals surface area contributed by atoms with E-state index in [0.717, 1.165) is 44.7 Å². The molecule has 0 aliphatic carbocycles. The fraction of sp³-hybridized carbons (Fsp3) is 0.611. The molecule has 0 saturated carbocycles. The Labute approximate surface area is 128 Å². The van der Waals surface area contributed by atoms with Gasteiger partial charge in [-0.15, -0.1) is 0 Å². The van der Waals surface area contributed by atoms with Crippen LogP contribution in [-0.4, -0.2) is 29.9 Å². The van der Waals surface area contributed by atoms with Crippen LogP contribution in [0.3, 0.4) is 0 Å². The number of hydrogen-bond donors (Lipinski definition) is 1. The molecule has 116 valence electrons. The van der Waals surface area contributed by atoms with E-state index in [-0.39, 0.29) is 11.9 Å². The predicted octanol–water partition coefficient (Wildman–Crippen LogP) is 2.99. The quantitative estimate of drug-likeness (QED) is 0.905. The fourth-order valence-electron chi connectivity index (χ4n) is 3.12. The molecule has 2 rings (SSSR count). The first-order valence-electron chi connectivity index (χ1n) is 8.29. The standard InChI is InChI=1S/C18H28N2O/c1-2-15-9-6-13-20(14-12-15)18(21)17(19)11-10-16-7-4-3-5-8-16/h3-5,7-8,15,17H,2,6,9-14,19H2,1H3. The molecule has 1 fully saturated rings. The largest absolute Gasteiger partial charge is 0.341 e. The predicted molar refractivity (Wildman–Crippen MR) is 87.0 cm³/mol. The first-order chi connectivity index (χ1) is 10.2. The summed E-state index contributed by atoms with van der Waals surface area (Å²) in [4.78, 5) is 14.5. The number of aryl methyl sites for hydroxylation is 1. The molecule has 3 heteroatoms. The summed E-state index contributed by atoms with van der Waals surface area (Å²) in [7, 11) is 0. The lowest BCUT2D eigenvalue weighted by atomic mass is 9.98. The first-order valence-corrected chi connectivity index (χ1v) is 8.29. The smallest absolute Gasteiger partial charge is 0.239 e. The zero-order chi connectivity index (χ0) is 15.1. The van der Waals surface area contributed by atoms with Gasteiger partial charge >= 0.3 is 0 Å². The van der Waals surface area contributed by atoms with Gasteiger partial charge in [0.25, 0.3) is 0 Å². The minimum absolute atomic E-state index is 0.141. The SMILES string of the molecule is CCC1CCCN(C(=O)C(N)CCc2ccccc2)CC1. The van der Waals surface area contributed by atoms with Gasteiger partial charge in [0.05, 0.1) is 6.04 Å². The number of benzene rings is 1. The number of rotatable bonds is 5. The number of nitrogens with zero attached hydrogens (tertiary/aromatic N) is 1. The molecule has 0 aromatic heterocycles. The van der Waals surface area contributed by atoms with E-state index in [1.165, 1.54) is 18.4 Å². The molecule has 2 unspecified atom stereocenters. The maximum atomic E-state index is 12.5. The molecule has 1 aromatic rings. The average molecular weight is 288 g/mol. The Morgan fingerprint density at radius 1 is 1.29 bits per heavy atom. The van der Waals surface area contributed by atoms with Crippen molar-refractivity contribution in [3.05, 3.63) is 35.9 Å². The molecule has 0 radical (unpaired) electrons. The zero-order valence-electron chi connectivity index (χ0n) is 13.1. The molecule has 1 aromatic carbocycles. The van der Waals surface area contributed by atoms with E-state index in [4.69, 9.17) is 5.73 Å². The van der Waals surface area contributed by atoms with Gasteiger partial charge in [-0.25, -0.2) is 0 Å². The lowest BCUT2D eigenvalue weighted by molar-refractivity contribution is -0.132. The molecule has 2 atom stereocenters. The highest BCUT2D eigenvalue weighted by Gasteiger charge is 2.23. The summed E-state index contributed by atoms with van der Waals surface area (Å²) >= 11 is 0. The molecule has 1 saturated heterocycles. The highest BCUT2D eigenvalue weighted by molar-refractivity contribution is 5.81. The molecule has 1 aliphatic rings. The second-order valence-electron chi connectivity index (χ2n) is 6.16. The van der Waals surface area contributed by atoms with Crippen LogP contribution >= 0.6 is 0 Å². The van der Waals surface area contributed by atoms with Crippen LogP contribution in [0.2, 0.25) is 0 Å². The molecule has 0 bridgehead atoms. The summed E-state index contributed by atoms with van der Waals surface area (Å²) in [6, 6.07) is 9.90. The first kappa shape index (κ1) is 16.0. The number of hydrogen-bond acceptors (Lipinski definition) is 2. The Hall–Kier alpha value is -1.35. The Morgan fingerprint density at radius 2 is 2.05 bits per heavy atom. The summed E-state index contributed by atoms with van der Waals surface area (Å²) in [5.74, 6) is 0.922. The Bertz CT molecular complexity index is 432. The van der Waals surface area contributed by atoms with Gasteiger partial charge in [-0.05, 0) is 43.6 Å². The van der Waals surface area contributed by atoms with Crippen molar-refractivity contribution in [3.8, 4) is 0 Å². The van der Waals surface area contributed by atoms with Crippen LogP contribution in [0.1, 0.15) is 44.6 Å². The lowest BCUT2D eigenvalue weighted by Gasteiger charge is -2.24. The number of likely N-dealkylation sites (tertiary alicyclic amines) is 1. The minimum Gasteiger partial charge on any atom is -0.341 e. The summed E-state index contributed by atoms with van der Waals surface area (Å²) in [6.07, 6.45) is 6.33. The molecule has 2 N–H and O–H groups in total. The van der Waals surface area contributed by atoms with Crippen molar-refractivity contribution in [1.29, 1.82) is 0 Å². The topological polar surface area (TPSA) is 46.3 Å². The van der Waals surface area contributed by atoms with Crippen LogP contribution < -0.4 is 5.73 Å². The van der Waals surface area contributed by atoms with Gasteiger partial charge in [0, 0.05) is 13.1 Å². The van der Waals surface area contributed by atoms with Gasteiger partial charge in [-0.1, -0.05) is 43.7 Å². The second kappa shape index (κ2) is 8.18. The summed E-state index contributed by atoms with van der Waals surface area (Å²) in [5.41, 5.74) is 7.38. The van der Waals surface area contributed by atoms with E-state index >= 15 is 0 Å². The van der Waals surface area contributed by atoms with E-state index in [2.05, 4.69) is 19.1 Å². The van der Waals surface area contributed by atoms with Crippen LogP contribution in [0, 0.1) is 5.92 Å². The molecule has 1 heterocycles. The van der Waals surface area contributed by atoms with E-state index in [0.29, 0.717) is 0 Å². The maximum Gasteiger partial charge on any atom is 0.239 e. The van der Waals surface area contributed by atoms with Crippen molar-refractivity contribution >= 4 is 5.91 Å².